The standard InChI is InChI=1S/C10H11F2NO3/c11-10(12)5-16-7-4-9-8(3-6(7)13)14-1-2-15-9/h3-4,10H,1-2,5,13H2. The van der Waals surface area contributed by atoms with Gasteiger partial charge in [0.15, 0.2) is 11.5 Å². The van der Waals surface area contributed by atoms with Crippen molar-refractivity contribution in [1.82, 2.24) is 0 Å². The van der Waals surface area contributed by atoms with Gasteiger partial charge in [0, 0.05) is 12.1 Å². The molecule has 0 saturated heterocycles. The van der Waals surface area contributed by atoms with E-state index in [9.17, 15) is 8.78 Å². The maximum absolute atomic E-state index is 12.0. The van der Waals surface area contributed by atoms with Crippen LogP contribution in [0.1, 0.15) is 0 Å². The predicted octanol–water partition coefficient (Wildman–Crippen LogP) is 1.68. The van der Waals surface area contributed by atoms with Gasteiger partial charge in [-0.05, 0) is 0 Å². The molecular weight excluding hydrogens is 220 g/mol. The summed E-state index contributed by atoms with van der Waals surface area (Å²) in [7, 11) is 0. The molecule has 1 aliphatic heterocycles. The lowest BCUT2D eigenvalue weighted by atomic mass is 10.2. The van der Waals surface area contributed by atoms with Crippen LogP contribution in [0.4, 0.5) is 14.5 Å². The molecule has 6 heteroatoms. The molecule has 0 atom stereocenters. The Bertz CT molecular complexity index is 385. The first-order chi connectivity index (χ1) is 7.66. The molecule has 1 heterocycles. The Labute approximate surface area is 90.9 Å². The summed E-state index contributed by atoms with van der Waals surface area (Å²) in [4.78, 5) is 0. The first kappa shape index (κ1) is 10.8. The summed E-state index contributed by atoms with van der Waals surface area (Å²) in [5, 5.41) is 0. The van der Waals surface area contributed by atoms with E-state index in [0.717, 1.165) is 0 Å². The highest BCUT2D eigenvalue weighted by Gasteiger charge is 2.16. The monoisotopic (exact) mass is 231 g/mol. The third-order valence-corrected chi connectivity index (χ3v) is 2.04. The lowest BCUT2D eigenvalue weighted by molar-refractivity contribution is 0.0818. The Kier molecular flexibility index (Phi) is 2.98. The molecule has 2 N–H and O–H groups in total. The van der Waals surface area contributed by atoms with E-state index in [2.05, 4.69) is 0 Å². The Hall–Kier alpha value is -1.72. The van der Waals surface area contributed by atoms with Crippen molar-refractivity contribution in [1.29, 1.82) is 0 Å². The number of benzene rings is 1. The molecular formula is C10H11F2NO3. The summed E-state index contributed by atoms with van der Waals surface area (Å²) in [5.41, 5.74) is 5.88. The number of anilines is 1. The Morgan fingerprint density at radius 1 is 1.25 bits per heavy atom. The van der Waals surface area contributed by atoms with Crippen molar-refractivity contribution in [3.63, 3.8) is 0 Å². The number of nitrogen functional groups attached to an aromatic ring is 1. The van der Waals surface area contributed by atoms with Gasteiger partial charge in [-0.25, -0.2) is 8.78 Å². The van der Waals surface area contributed by atoms with Crippen molar-refractivity contribution < 1.29 is 23.0 Å². The number of nitrogens with two attached hydrogens (primary N) is 1. The van der Waals surface area contributed by atoms with E-state index in [4.69, 9.17) is 19.9 Å². The molecule has 0 bridgehead atoms. The number of alkyl halides is 2. The summed E-state index contributed by atoms with van der Waals surface area (Å²) in [6, 6.07) is 2.97. The average Bonchev–Trinajstić information content (AvgIpc) is 2.26. The van der Waals surface area contributed by atoms with Gasteiger partial charge in [0.25, 0.3) is 6.43 Å². The van der Waals surface area contributed by atoms with Crippen LogP contribution in [0.2, 0.25) is 0 Å². The van der Waals surface area contributed by atoms with E-state index in [-0.39, 0.29) is 11.4 Å². The second-order valence-electron chi connectivity index (χ2n) is 3.24. The Morgan fingerprint density at radius 3 is 2.50 bits per heavy atom. The van der Waals surface area contributed by atoms with Crippen LogP contribution in [0.5, 0.6) is 17.2 Å². The number of fused-ring (bicyclic) bond motifs is 1. The van der Waals surface area contributed by atoms with Crippen LogP contribution in [0, 0.1) is 0 Å². The van der Waals surface area contributed by atoms with Gasteiger partial charge in [-0.2, -0.15) is 0 Å². The SMILES string of the molecule is Nc1cc2c(cc1OCC(F)F)OCCO2. The highest BCUT2D eigenvalue weighted by Crippen LogP contribution is 2.38. The van der Waals surface area contributed by atoms with Crippen LogP contribution < -0.4 is 19.9 Å². The minimum Gasteiger partial charge on any atom is -0.486 e. The molecule has 1 aromatic carbocycles. The normalized spacial score (nSPS) is 13.9. The van der Waals surface area contributed by atoms with E-state index in [1.165, 1.54) is 12.1 Å². The van der Waals surface area contributed by atoms with E-state index < -0.39 is 13.0 Å². The zero-order valence-corrected chi connectivity index (χ0v) is 8.41. The maximum atomic E-state index is 12.0. The molecule has 0 spiro atoms. The quantitative estimate of drug-likeness (QED) is 0.804. The van der Waals surface area contributed by atoms with E-state index in [1.807, 2.05) is 0 Å². The zero-order valence-electron chi connectivity index (χ0n) is 8.41. The molecule has 0 saturated carbocycles. The molecule has 1 aromatic rings. The third-order valence-electron chi connectivity index (χ3n) is 2.04. The maximum Gasteiger partial charge on any atom is 0.272 e. The van der Waals surface area contributed by atoms with Gasteiger partial charge in [0.1, 0.15) is 25.6 Å². The Morgan fingerprint density at radius 2 is 1.88 bits per heavy atom. The second-order valence-corrected chi connectivity index (χ2v) is 3.24. The van der Waals surface area contributed by atoms with Crippen molar-refractivity contribution in [2.24, 2.45) is 0 Å². The van der Waals surface area contributed by atoms with Gasteiger partial charge in [-0.1, -0.05) is 0 Å². The number of rotatable bonds is 3. The molecule has 0 aromatic heterocycles. The van der Waals surface area contributed by atoms with Gasteiger partial charge in [-0.3, -0.25) is 0 Å². The minimum atomic E-state index is -2.53. The number of hydrogen-bond acceptors (Lipinski definition) is 4. The molecule has 4 nitrogen and oxygen atoms in total. The number of ether oxygens (including phenoxy) is 3. The van der Waals surface area contributed by atoms with Crippen LogP contribution in [-0.2, 0) is 0 Å². The summed E-state index contributed by atoms with van der Waals surface area (Å²) < 4.78 is 39.3. The van der Waals surface area contributed by atoms with Crippen molar-refractivity contribution >= 4 is 5.69 Å². The van der Waals surface area contributed by atoms with Crippen LogP contribution >= 0.6 is 0 Å². The van der Waals surface area contributed by atoms with Gasteiger partial charge in [0.2, 0.25) is 0 Å². The Balaban J connectivity index is 2.18. The first-order valence-corrected chi connectivity index (χ1v) is 4.77. The van der Waals surface area contributed by atoms with Crippen LogP contribution in [0.15, 0.2) is 12.1 Å². The zero-order chi connectivity index (χ0) is 11.5. The third kappa shape index (κ3) is 2.26. The lowest BCUT2D eigenvalue weighted by Crippen LogP contribution is -2.16. The van der Waals surface area contributed by atoms with Gasteiger partial charge < -0.3 is 19.9 Å². The summed E-state index contributed by atoms with van der Waals surface area (Å²) >= 11 is 0. The number of halogens is 2. The summed E-state index contributed by atoms with van der Waals surface area (Å²) in [6.45, 7) is 0.179. The van der Waals surface area contributed by atoms with Gasteiger partial charge in [0.05, 0.1) is 5.69 Å². The van der Waals surface area contributed by atoms with Gasteiger partial charge in [-0.15, -0.1) is 0 Å². The van der Waals surface area contributed by atoms with E-state index in [0.29, 0.717) is 24.7 Å². The fourth-order valence-corrected chi connectivity index (χ4v) is 1.36. The lowest BCUT2D eigenvalue weighted by Gasteiger charge is -2.20. The smallest absolute Gasteiger partial charge is 0.272 e. The average molecular weight is 231 g/mol. The molecule has 0 radical (unpaired) electrons. The summed E-state index contributed by atoms with van der Waals surface area (Å²) in [6.07, 6.45) is -2.53. The van der Waals surface area contributed by atoms with Gasteiger partial charge >= 0.3 is 0 Å². The molecule has 0 unspecified atom stereocenters. The number of hydrogen-bond donors (Lipinski definition) is 1. The highest BCUT2D eigenvalue weighted by atomic mass is 19.3. The summed E-state index contributed by atoms with van der Waals surface area (Å²) in [5.74, 6) is 1.16. The van der Waals surface area contributed by atoms with Crippen molar-refractivity contribution in [2.75, 3.05) is 25.6 Å². The molecule has 0 amide bonds. The second kappa shape index (κ2) is 4.42. The predicted molar refractivity (Wildman–Crippen MR) is 53.3 cm³/mol. The fourth-order valence-electron chi connectivity index (χ4n) is 1.36. The fraction of sp³-hybridized carbons (Fsp3) is 0.400. The molecule has 2 rings (SSSR count). The van der Waals surface area contributed by atoms with Crippen LogP contribution in [0.25, 0.3) is 0 Å². The molecule has 0 aliphatic carbocycles. The highest BCUT2D eigenvalue weighted by molar-refractivity contribution is 5.62. The van der Waals surface area contributed by atoms with Crippen molar-refractivity contribution in [3.8, 4) is 17.2 Å². The molecule has 88 valence electrons. The minimum absolute atomic E-state index is 0.185. The topological polar surface area (TPSA) is 53.7 Å². The molecule has 16 heavy (non-hydrogen) atoms. The van der Waals surface area contributed by atoms with Crippen molar-refractivity contribution in [3.05, 3.63) is 12.1 Å². The molecule has 1 aliphatic rings. The van der Waals surface area contributed by atoms with Crippen LogP contribution in [0.3, 0.4) is 0 Å². The molecule has 0 fully saturated rings. The van der Waals surface area contributed by atoms with E-state index >= 15 is 0 Å². The van der Waals surface area contributed by atoms with Crippen molar-refractivity contribution in [2.45, 2.75) is 6.43 Å². The van der Waals surface area contributed by atoms with Crippen LogP contribution in [-0.4, -0.2) is 26.2 Å². The largest absolute Gasteiger partial charge is 0.486 e. The first-order valence-electron chi connectivity index (χ1n) is 4.77. The van der Waals surface area contributed by atoms with E-state index in [1.54, 1.807) is 0 Å².